The van der Waals surface area contributed by atoms with Gasteiger partial charge in [-0.1, -0.05) is 248 Å². The molecule has 0 atom stereocenters. The zero-order valence-electron chi connectivity index (χ0n) is 49.0. The molecule has 0 aliphatic carbocycles. The fraction of sp³-hybridized carbons (Fsp3) is 0.113. The maximum Gasteiger partial charge on any atom is 0.137 e. The number of nitrogens with zero attached hydrogens (tertiary/aromatic N) is 4. The molecule has 14 rings (SSSR count). The Kier molecular flexibility index (Phi) is 13.4. The van der Waals surface area contributed by atoms with Crippen molar-refractivity contribution in [3.8, 4) is 84.1 Å². The van der Waals surface area contributed by atoms with Gasteiger partial charge in [-0.25, -0.2) is 4.98 Å². The minimum atomic E-state index is -0.173. The van der Waals surface area contributed by atoms with Crippen molar-refractivity contribution in [2.75, 3.05) is 16.5 Å². The van der Waals surface area contributed by atoms with Crippen LogP contribution in [-0.4, -0.2) is 16.2 Å². The van der Waals surface area contributed by atoms with E-state index in [4.69, 9.17) is 9.72 Å². The molecule has 85 heavy (non-hydrogen) atoms. The number of hydrogen-bond acceptors (Lipinski definition) is 4. The molecule has 0 radical (unpaired) electrons. The van der Waals surface area contributed by atoms with Gasteiger partial charge in [0.2, 0.25) is 0 Å². The molecular weight excluding hydrogens is 1030 g/mol. The van der Waals surface area contributed by atoms with Crippen molar-refractivity contribution in [1.82, 2.24) is 9.55 Å². The molecule has 0 saturated heterocycles. The molecule has 1 aliphatic heterocycles. The third-order valence-electron chi connectivity index (χ3n) is 16.8. The number of rotatable bonds is 11. The lowest BCUT2D eigenvalue weighted by atomic mass is 9.82. The van der Waals surface area contributed by atoms with Gasteiger partial charge in [0.05, 0.1) is 28.1 Å². The predicted molar refractivity (Wildman–Crippen MR) is 357 cm³/mol. The number of pyridine rings is 1. The minimum absolute atomic E-state index is 0.0284. The molecule has 0 N–H and O–H groups in total. The van der Waals surface area contributed by atoms with Crippen LogP contribution in [0, 0.1) is 0 Å². The molecule has 0 unspecified atom stereocenters. The zero-order valence-corrected chi connectivity index (χ0v) is 49.0. The van der Waals surface area contributed by atoms with E-state index in [2.05, 4.69) is 335 Å². The van der Waals surface area contributed by atoms with Gasteiger partial charge in [0.1, 0.15) is 24.0 Å². The maximum absolute atomic E-state index is 7.37. The average Bonchev–Trinajstić information content (AvgIpc) is 1.79. The van der Waals surface area contributed by atoms with E-state index in [0.717, 1.165) is 95.3 Å². The first-order valence-corrected chi connectivity index (χ1v) is 29.5. The summed E-state index contributed by atoms with van der Waals surface area (Å²) in [6.07, 6.45) is 2.06. The van der Waals surface area contributed by atoms with E-state index < -0.39 is 0 Å². The molecule has 3 heterocycles. The van der Waals surface area contributed by atoms with Crippen molar-refractivity contribution < 1.29 is 4.74 Å². The Balaban J connectivity index is 0.903. The fourth-order valence-electron chi connectivity index (χ4n) is 12.5. The van der Waals surface area contributed by atoms with Crippen LogP contribution in [0.4, 0.5) is 22.7 Å². The summed E-state index contributed by atoms with van der Waals surface area (Å²) >= 11 is 0. The Morgan fingerprint density at radius 2 is 0.882 bits per heavy atom. The highest BCUT2D eigenvalue weighted by atomic mass is 16.5. The van der Waals surface area contributed by atoms with Crippen LogP contribution in [0.15, 0.2) is 279 Å². The fourth-order valence-corrected chi connectivity index (χ4v) is 12.5. The molecule has 5 nitrogen and oxygen atoms in total. The SMILES string of the molecule is CC(C)(C)c1ccc(-c2cccc(-c3cccc(-c4ccccc4)c3)c2N2CN(c3cccc(Oc4cc5c(cc4-c4ccccc4)c4cc(-c6ccccc6)ccc4n5-c4cc(C(C)(C)C)c(-c5ccccc5)cn4)c3)c3ccccc32)cc1. The van der Waals surface area contributed by atoms with Crippen LogP contribution in [0.2, 0.25) is 0 Å². The van der Waals surface area contributed by atoms with Crippen molar-refractivity contribution in [3.05, 3.63) is 290 Å². The molecule has 0 saturated carbocycles. The number of benzene rings is 11. The third-order valence-corrected chi connectivity index (χ3v) is 16.8. The Hall–Kier alpha value is -10.2. The summed E-state index contributed by atoms with van der Waals surface area (Å²) in [5, 5.41) is 2.26. The smallest absolute Gasteiger partial charge is 0.137 e. The quantitative estimate of drug-likeness (QED) is 0.129. The molecule has 2 aromatic heterocycles. The van der Waals surface area contributed by atoms with E-state index in [1.165, 1.54) is 44.5 Å². The van der Waals surface area contributed by atoms with Crippen molar-refractivity contribution in [1.29, 1.82) is 0 Å². The molecule has 0 amide bonds. The largest absolute Gasteiger partial charge is 0.457 e. The number of para-hydroxylation sites is 3. The first kappa shape index (κ1) is 52.8. The molecule has 0 fully saturated rings. The third kappa shape index (κ3) is 10.0. The van der Waals surface area contributed by atoms with E-state index in [0.29, 0.717) is 6.67 Å². The molecule has 1 aliphatic rings. The van der Waals surface area contributed by atoms with E-state index >= 15 is 0 Å². The van der Waals surface area contributed by atoms with Crippen LogP contribution in [0.3, 0.4) is 0 Å². The molecular formula is C80H66N4O. The monoisotopic (exact) mass is 1100 g/mol. The summed E-state index contributed by atoms with van der Waals surface area (Å²) in [5.41, 5.74) is 22.6. The predicted octanol–water partition coefficient (Wildman–Crippen LogP) is 21.8. The molecule has 5 heteroatoms. The van der Waals surface area contributed by atoms with Gasteiger partial charge in [-0.3, -0.25) is 4.57 Å². The van der Waals surface area contributed by atoms with Crippen molar-refractivity contribution >= 4 is 44.6 Å². The Morgan fingerprint density at radius 3 is 1.53 bits per heavy atom. The lowest BCUT2D eigenvalue weighted by Crippen LogP contribution is -2.25. The van der Waals surface area contributed by atoms with Crippen LogP contribution >= 0.6 is 0 Å². The average molecular weight is 1100 g/mol. The lowest BCUT2D eigenvalue weighted by molar-refractivity contribution is 0.485. The summed E-state index contributed by atoms with van der Waals surface area (Å²) in [4.78, 5) is 10.3. The van der Waals surface area contributed by atoms with Gasteiger partial charge < -0.3 is 14.5 Å². The van der Waals surface area contributed by atoms with E-state index in [1.54, 1.807) is 0 Å². The summed E-state index contributed by atoms with van der Waals surface area (Å²) < 4.78 is 9.70. The Labute approximate surface area is 499 Å². The van der Waals surface area contributed by atoms with Gasteiger partial charge in [-0.15, -0.1) is 0 Å². The highest BCUT2D eigenvalue weighted by Gasteiger charge is 2.32. The van der Waals surface area contributed by atoms with Crippen molar-refractivity contribution in [2.24, 2.45) is 0 Å². The Bertz CT molecular complexity index is 4590. The molecule has 13 aromatic rings. The van der Waals surface area contributed by atoms with Gasteiger partial charge >= 0.3 is 0 Å². The summed E-state index contributed by atoms with van der Waals surface area (Å²) in [7, 11) is 0. The molecule has 0 bridgehead atoms. The first-order chi connectivity index (χ1) is 41.4. The number of aromatic nitrogens is 2. The molecule has 0 spiro atoms. The van der Waals surface area contributed by atoms with Gasteiger partial charge in [-0.05, 0) is 121 Å². The van der Waals surface area contributed by atoms with Crippen molar-refractivity contribution in [3.63, 3.8) is 0 Å². The summed E-state index contributed by atoms with van der Waals surface area (Å²) in [5.74, 6) is 2.33. The molecule has 412 valence electrons. The number of ether oxygens (including phenoxy) is 1. The second kappa shape index (κ2) is 21.5. The summed E-state index contributed by atoms with van der Waals surface area (Å²) in [6.45, 7) is 14.3. The van der Waals surface area contributed by atoms with Crippen molar-refractivity contribution in [2.45, 2.75) is 52.4 Å². The maximum atomic E-state index is 7.37. The molecule has 11 aromatic carbocycles. The highest BCUT2D eigenvalue weighted by molar-refractivity contribution is 6.12. The second-order valence-electron chi connectivity index (χ2n) is 24.4. The number of fused-ring (bicyclic) bond motifs is 4. The van der Waals surface area contributed by atoms with Gasteiger partial charge in [-0.2, -0.15) is 0 Å². The highest BCUT2D eigenvalue weighted by Crippen LogP contribution is 2.52. The number of anilines is 4. The standard InChI is InChI=1S/C80H66N4O/c1-79(2,3)62-43-40-58(41-44-62)65-36-23-37-66(61-33-21-32-59(46-61)54-24-11-7-12-25-54)78(65)83-53-82(73-38-19-20-39-74(73)83)63-34-22-35-64(48-63)85-76-51-75-69(49-67(76)56-28-15-9-16-29-56)68-47-60(55-26-13-8-14-27-55)42-45-72(68)84(75)77-50-71(80(4,5)6)70(52-81-77)57-30-17-10-18-31-57/h7-52H,53H2,1-6H3. The number of hydrogen-bond donors (Lipinski definition) is 0. The van der Waals surface area contributed by atoms with Crippen LogP contribution < -0.4 is 14.5 Å². The van der Waals surface area contributed by atoms with Gasteiger partial charge in [0.25, 0.3) is 0 Å². The second-order valence-corrected chi connectivity index (χ2v) is 24.4. The first-order valence-electron chi connectivity index (χ1n) is 29.5. The Morgan fingerprint density at radius 1 is 0.365 bits per heavy atom. The normalized spacial score (nSPS) is 12.5. The van der Waals surface area contributed by atoms with E-state index in [9.17, 15) is 0 Å². The van der Waals surface area contributed by atoms with Crippen LogP contribution in [-0.2, 0) is 10.8 Å². The van der Waals surface area contributed by atoms with E-state index in [1.807, 2.05) is 0 Å². The van der Waals surface area contributed by atoms with Crippen LogP contribution in [0.25, 0.3) is 94.4 Å². The van der Waals surface area contributed by atoms with Crippen LogP contribution in [0.5, 0.6) is 11.5 Å². The lowest BCUT2D eigenvalue weighted by Gasteiger charge is -2.28. The minimum Gasteiger partial charge on any atom is -0.457 e. The van der Waals surface area contributed by atoms with Crippen LogP contribution in [0.1, 0.15) is 52.7 Å². The zero-order chi connectivity index (χ0) is 57.8. The van der Waals surface area contributed by atoms with E-state index in [-0.39, 0.29) is 10.8 Å². The summed E-state index contributed by atoms with van der Waals surface area (Å²) in [6, 6.07) is 98.7. The van der Waals surface area contributed by atoms with Gasteiger partial charge in [0.15, 0.2) is 0 Å². The van der Waals surface area contributed by atoms with Gasteiger partial charge in [0, 0.05) is 57.0 Å². The topological polar surface area (TPSA) is 33.5 Å².